The molecule has 0 unspecified atom stereocenters. The molecule has 4 heteroatoms. The van der Waals surface area contributed by atoms with Crippen molar-refractivity contribution in [2.24, 2.45) is 0 Å². The molecule has 0 spiro atoms. The standard InChI is InChI=1S/C22H23NO3/c1-15-5-3-4-6-20(15)17-11-18-13-23(14-19-8-7-16(2)26-19)9-10-25-22(18)21(24)12-17/h3-8,11-12,24H,9-10,13-14H2,1-2H3. The molecule has 0 atom stereocenters. The van der Waals surface area contributed by atoms with Crippen molar-refractivity contribution in [1.82, 2.24) is 4.90 Å². The average Bonchev–Trinajstić information content (AvgIpc) is 2.90. The summed E-state index contributed by atoms with van der Waals surface area (Å²) < 4.78 is 11.6. The van der Waals surface area contributed by atoms with Gasteiger partial charge in [-0.2, -0.15) is 0 Å². The van der Waals surface area contributed by atoms with Crippen LogP contribution < -0.4 is 4.74 Å². The van der Waals surface area contributed by atoms with Gasteiger partial charge in [0.2, 0.25) is 0 Å². The monoisotopic (exact) mass is 349 g/mol. The minimum atomic E-state index is 0.205. The van der Waals surface area contributed by atoms with E-state index in [4.69, 9.17) is 9.15 Å². The Balaban J connectivity index is 1.66. The molecule has 0 saturated heterocycles. The van der Waals surface area contributed by atoms with Crippen LogP contribution in [0.15, 0.2) is 52.9 Å². The van der Waals surface area contributed by atoms with Crippen LogP contribution >= 0.6 is 0 Å². The van der Waals surface area contributed by atoms with Gasteiger partial charge in [0.25, 0.3) is 0 Å². The number of aromatic hydroxyl groups is 1. The van der Waals surface area contributed by atoms with Gasteiger partial charge < -0.3 is 14.3 Å². The van der Waals surface area contributed by atoms with Gasteiger partial charge in [-0.15, -0.1) is 0 Å². The van der Waals surface area contributed by atoms with E-state index in [9.17, 15) is 5.11 Å². The van der Waals surface area contributed by atoms with Gasteiger partial charge in [-0.25, -0.2) is 0 Å². The van der Waals surface area contributed by atoms with Gasteiger partial charge >= 0.3 is 0 Å². The van der Waals surface area contributed by atoms with E-state index in [1.54, 1.807) is 6.07 Å². The second-order valence-electron chi connectivity index (χ2n) is 6.87. The third-order valence-electron chi connectivity index (χ3n) is 4.83. The summed E-state index contributed by atoms with van der Waals surface area (Å²) in [6.07, 6.45) is 0. The molecule has 4 nitrogen and oxygen atoms in total. The third-order valence-corrected chi connectivity index (χ3v) is 4.83. The molecule has 1 aliphatic rings. The fraction of sp³-hybridized carbons (Fsp3) is 0.273. The normalized spacial score (nSPS) is 14.5. The average molecular weight is 349 g/mol. The first-order valence-corrected chi connectivity index (χ1v) is 8.92. The number of nitrogens with zero attached hydrogens (tertiary/aromatic N) is 1. The van der Waals surface area contributed by atoms with E-state index in [-0.39, 0.29) is 5.75 Å². The van der Waals surface area contributed by atoms with Gasteiger partial charge in [0.15, 0.2) is 11.5 Å². The van der Waals surface area contributed by atoms with Gasteiger partial charge in [0.1, 0.15) is 18.1 Å². The number of hydrogen-bond donors (Lipinski definition) is 1. The van der Waals surface area contributed by atoms with E-state index in [0.29, 0.717) is 18.9 Å². The summed E-state index contributed by atoms with van der Waals surface area (Å²) in [5.74, 6) is 2.67. The van der Waals surface area contributed by atoms with Crippen molar-refractivity contribution in [2.75, 3.05) is 13.2 Å². The molecule has 0 bridgehead atoms. The number of phenolic OH excluding ortho intramolecular Hbond substituents is 1. The number of fused-ring (bicyclic) bond motifs is 1. The van der Waals surface area contributed by atoms with E-state index in [1.807, 2.05) is 31.2 Å². The SMILES string of the molecule is Cc1ccc(CN2CCOc3c(O)cc(-c4ccccc4C)cc3C2)o1. The first kappa shape index (κ1) is 16.7. The van der Waals surface area contributed by atoms with Crippen LogP contribution in [0.5, 0.6) is 11.5 Å². The van der Waals surface area contributed by atoms with E-state index < -0.39 is 0 Å². The molecule has 4 rings (SSSR count). The van der Waals surface area contributed by atoms with Crippen LogP contribution in [0.1, 0.15) is 22.6 Å². The lowest BCUT2D eigenvalue weighted by atomic mass is 9.98. The van der Waals surface area contributed by atoms with Crippen molar-refractivity contribution < 1.29 is 14.3 Å². The smallest absolute Gasteiger partial charge is 0.165 e. The third kappa shape index (κ3) is 3.33. The molecule has 0 fully saturated rings. The fourth-order valence-electron chi connectivity index (χ4n) is 3.53. The quantitative estimate of drug-likeness (QED) is 0.747. The molecule has 26 heavy (non-hydrogen) atoms. The van der Waals surface area contributed by atoms with Crippen LogP contribution in [-0.2, 0) is 13.1 Å². The molecule has 3 aromatic rings. The van der Waals surface area contributed by atoms with Crippen molar-refractivity contribution in [3.8, 4) is 22.6 Å². The van der Waals surface area contributed by atoms with Gasteiger partial charge in [-0.1, -0.05) is 24.3 Å². The maximum atomic E-state index is 10.5. The van der Waals surface area contributed by atoms with E-state index in [1.165, 1.54) is 5.56 Å². The zero-order chi connectivity index (χ0) is 18.1. The number of ether oxygens (including phenoxy) is 1. The van der Waals surface area contributed by atoms with Crippen molar-refractivity contribution in [1.29, 1.82) is 0 Å². The van der Waals surface area contributed by atoms with Crippen LogP contribution in [0, 0.1) is 13.8 Å². The molecule has 0 saturated carbocycles. The topological polar surface area (TPSA) is 45.8 Å². The number of hydrogen-bond acceptors (Lipinski definition) is 4. The highest BCUT2D eigenvalue weighted by atomic mass is 16.5. The molecule has 1 aliphatic heterocycles. The molecular weight excluding hydrogens is 326 g/mol. The molecule has 1 N–H and O–H groups in total. The molecule has 0 radical (unpaired) electrons. The highest BCUT2D eigenvalue weighted by Gasteiger charge is 2.21. The lowest BCUT2D eigenvalue weighted by Crippen LogP contribution is -2.25. The van der Waals surface area contributed by atoms with Crippen molar-refractivity contribution in [2.45, 2.75) is 26.9 Å². The van der Waals surface area contributed by atoms with E-state index in [0.717, 1.165) is 41.3 Å². The first-order chi connectivity index (χ1) is 12.6. The summed E-state index contributed by atoms with van der Waals surface area (Å²) in [5.41, 5.74) is 4.33. The molecular formula is C22H23NO3. The predicted molar refractivity (Wildman–Crippen MR) is 101 cm³/mol. The summed E-state index contributed by atoms with van der Waals surface area (Å²) in [4.78, 5) is 2.28. The Morgan fingerprint density at radius 3 is 2.69 bits per heavy atom. The van der Waals surface area contributed by atoms with Crippen LogP contribution in [0.3, 0.4) is 0 Å². The van der Waals surface area contributed by atoms with Gasteiger partial charge in [-0.05, 0) is 54.8 Å². The lowest BCUT2D eigenvalue weighted by Gasteiger charge is -2.18. The maximum Gasteiger partial charge on any atom is 0.165 e. The summed E-state index contributed by atoms with van der Waals surface area (Å²) in [6.45, 7) is 6.81. The highest BCUT2D eigenvalue weighted by Crippen LogP contribution is 2.38. The second-order valence-corrected chi connectivity index (χ2v) is 6.87. The number of rotatable bonds is 3. The predicted octanol–water partition coefficient (Wildman–Crippen LogP) is 4.66. The van der Waals surface area contributed by atoms with Crippen LogP contribution in [0.2, 0.25) is 0 Å². The number of aryl methyl sites for hydroxylation is 2. The number of phenols is 1. The maximum absolute atomic E-state index is 10.5. The molecule has 134 valence electrons. The number of furan rings is 1. The van der Waals surface area contributed by atoms with Gasteiger partial charge in [-0.3, -0.25) is 4.90 Å². The fourth-order valence-corrected chi connectivity index (χ4v) is 3.53. The molecule has 1 aromatic heterocycles. The van der Waals surface area contributed by atoms with Gasteiger partial charge in [0.05, 0.1) is 6.54 Å². The largest absolute Gasteiger partial charge is 0.504 e. The molecule has 0 aliphatic carbocycles. The Morgan fingerprint density at radius 2 is 1.92 bits per heavy atom. The molecule has 2 aromatic carbocycles. The second kappa shape index (κ2) is 6.89. The Bertz CT molecular complexity index is 929. The zero-order valence-electron chi connectivity index (χ0n) is 15.2. The Labute approximate surface area is 153 Å². The van der Waals surface area contributed by atoms with Crippen molar-refractivity contribution in [3.63, 3.8) is 0 Å². The zero-order valence-corrected chi connectivity index (χ0v) is 15.2. The van der Waals surface area contributed by atoms with E-state index >= 15 is 0 Å². The molecule has 0 amide bonds. The van der Waals surface area contributed by atoms with Crippen LogP contribution in [0.25, 0.3) is 11.1 Å². The minimum Gasteiger partial charge on any atom is -0.504 e. The molecule has 2 heterocycles. The Morgan fingerprint density at radius 1 is 1.08 bits per heavy atom. The summed E-state index contributed by atoms with van der Waals surface area (Å²) in [5, 5.41) is 10.5. The van der Waals surface area contributed by atoms with Crippen LogP contribution in [-0.4, -0.2) is 23.2 Å². The van der Waals surface area contributed by atoms with Crippen LogP contribution in [0.4, 0.5) is 0 Å². The van der Waals surface area contributed by atoms with Crippen molar-refractivity contribution >= 4 is 0 Å². The van der Waals surface area contributed by atoms with Crippen molar-refractivity contribution in [3.05, 3.63) is 71.2 Å². The first-order valence-electron chi connectivity index (χ1n) is 8.92. The summed E-state index contributed by atoms with van der Waals surface area (Å²) in [6, 6.07) is 16.1. The summed E-state index contributed by atoms with van der Waals surface area (Å²) >= 11 is 0. The summed E-state index contributed by atoms with van der Waals surface area (Å²) in [7, 11) is 0. The van der Waals surface area contributed by atoms with E-state index in [2.05, 4.69) is 30.0 Å². The highest BCUT2D eigenvalue weighted by molar-refractivity contribution is 5.71. The Kier molecular flexibility index (Phi) is 4.43. The number of benzene rings is 2. The Hall–Kier alpha value is -2.72. The lowest BCUT2D eigenvalue weighted by molar-refractivity contribution is 0.204. The minimum absolute atomic E-state index is 0.205. The van der Waals surface area contributed by atoms with Gasteiger partial charge in [0, 0.05) is 18.7 Å².